The number of ether oxygens (including phenoxy) is 1. The fraction of sp³-hybridized carbons (Fsp3) is 0.400. The van der Waals surface area contributed by atoms with E-state index in [4.69, 9.17) is 4.74 Å². The van der Waals surface area contributed by atoms with E-state index in [1.54, 1.807) is 0 Å². The highest BCUT2D eigenvalue weighted by Gasteiger charge is 2.30. The lowest BCUT2D eigenvalue weighted by Gasteiger charge is -2.26. The molecule has 0 bridgehead atoms. The van der Waals surface area contributed by atoms with Gasteiger partial charge in [-0.05, 0) is 31.2 Å². The predicted molar refractivity (Wildman–Crippen MR) is 92.8 cm³/mol. The summed E-state index contributed by atoms with van der Waals surface area (Å²) in [5, 5.41) is 9.84. The molecule has 4 rings (SSSR count). The monoisotopic (exact) mass is 320 g/mol. The van der Waals surface area contributed by atoms with Crippen LogP contribution in [0, 0.1) is 11.3 Å². The van der Waals surface area contributed by atoms with Gasteiger partial charge in [-0.15, -0.1) is 0 Å². The van der Waals surface area contributed by atoms with Gasteiger partial charge in [-0.2, -0.15) is 5.26 Å². The summed E-state index contributed by atoms with van der Waals surface area (Å²) in [6, 6.07) is 13.0. The SMILES string of the molecule is N#Cc1c(N2CCOCC2)[nH+]c(-c2ccccc2)c2c1CCCC2. The lowest BCUT2D eigenvalue weighted by molar-refractivity contribution is -0.352. The van der Waals surface area contributed by atoms with Gasteiger partial charge in [0.25, 0.3) is 5.82 Å². The number of nitriles is 1. The van der Waals surface area contributed by atoms with Crippen LogP contribution in [0.4, 0.5) is 5.82 Å². The highest BCUT2D eigenvalue weighted by Crippen LogP contribution is 2.34. The Balaban J connectivity index is 1.92. The predicted octanol–water partition coefficient (Wildman–Crippen LogP) is 2.75. The largest absolute Gasteiger partial charge is 0.373 e. The van der Waals surface area contributed by atoms with Crippen LogP contribution >= 0.6 is 0 Å². The number of pyridine rings is 1. The number of anilines is 1. The van der Waals surface area contributed by atoms with Crippen LogP contribution < -0.4 is 9.88 Å². The Morgan fingerprint density at radius 2 is 1.71 bits per heavy atom. The molecule has 0 atom stereocenters. The average molecular weight is 320 g/mol. The molecule has 0 spiro atoms. The quantitative estimate of drug-likeness (QED) is 0.855. The Hall–Kier alpha value is -2.38. The molecule has 1 aromatic heterocycles. The molecule has 1 aliphatic heterocycles. The third-order valence-corrected chi connectivity index (χ3v) is 5.05. The van der Waals surface area contributed by atoms with Crippen molar-refractivity contribution in [3.63, 3.8) is 0 Å². The highest BCUT2D eigenvalue weighted by molar-refractivity contribution is 5.68. The van der Waals surface area contributed by atoms with E-state index in [2.05, 4.69) is 40.2 Å². The van der Waals surface area contributed by atoms with Crippen molar-refractivity contribution in [2.45, 2.75) is 25.7 Å². The number of H-pyrrole nitrogens is 1. The molecule has 1 aliphatic carbocycles. The van der Waals surface area contributed by atoms with E-state index in [0.29, 0.717) is 0 Å². The Kier molecular flexibility index (Phi) is 4.18. The number of morpholine rings is 1. The number of aromatic amines is 1. The lowest BCUT2D eigenvalue weighted by atomic mass is 9.86. The Bertz CT molecular complexity index is 774. The smallest absolute Gasteiger partial charge is 0.293 e. The van der Waals surface area contributed by atoms with Gasteiger partial charge < -0.3 is 4.74 Å². The number of benzene rings is 1. The molecule has 0 unspecified atom stereocenters. The molecule has 1 aromatic carbocycles. The zero-order chi connectivity index (χ0) is 16.4. The number of fused-ring (bicyclic) bond motifs is 1. The molecule has 122 valence electrons. The molecule has 2 aliphatic rings. The van der Waals surface area contributed by atoms with Crippen LogP contribution in [0.15, 0.2) is 30.3 Å². The van der Waals surface area contributed by atoms with Gasteiger partial charge in [0.15, 0.2) is 0 Å². The van der Waals surface area contributed by atoms with Crippen LogP contribution in [0.1, 0.15) is 29.5 Å². The summed E-state index contributed by atoms with van der Waals surface area (Å²) in [7, 11) is 0. The first-order valence-electron chi connectivity index (χ1n) is 8.77. The van der Waals surface area contributed by atoms with E-state index in [9.17, 15) is 5.26 Å². The molecule has 4 nitrogen and oxygen atoms in total. The second kappa shape index (κ2) is 6.62. The van der Waals surface area contributed by atoms with Gasteiger partial charge in [0.05, 0.1) is 13.2 Å². The molecular weight excluding hydrogens is 298 g/mol. The summed E-state index contributed by atoms with van der Waals surface area (Å²) >= 11 is 0. The lowest BCUT2D eigenvalue weighted by Crippen LogP contribution is -2.41. The maximum Gasteiger partial charge on any atom is 0.293 e. The zero-order valence-corrected chi connectivity index (χ0v) is 13.8. The molecule has 0 radical (unpaired) electrons. The van der Waals surface area contributed by atoms with Gasteiger partial charge in [-0.25, -0.2) is 4.98 Å². The van der Waals surface area contributed by atoms with E-state index in [-0.39, 0.29) is 0 Å². The van der Waals surface area contributed by atoms with Crippen LogP contribution in [0.2, 0.25) is 0 Å². The molecule has 4 heteroatoms. The van der Waals surface area contributed by atoms with Gasteiger partial charge in [-0.3, -0.25) is 4.90 Å². The second-order valence-corrected chi connectivity index (χ2v) is 6.47. The second-order valence-electron chi connectivity index (χ2n) is 6.47. The molecule has 1 fully saturated rings. The van der Waals surface area contributed by atoms with Crippen LogP contribution in [0.3, 0.4) is 0 Å². The first-order valence-corrected chi connectivity index (χ1v) is 8.77. The van der Waals surface area contributed by atoms with E-state index in [1.807, 2.05) is 6.07 Å². The van der Waals surface area contributed by atoms with Gasteiger partial charge in [0, 0.05) is 11.1 Å². The number of rotatable bonds is 2. The van der Waals surface area contributed by atoms with Crippen molar-refractivity contribution in [2.75, 3.05) is 31.2 Å². The fourth-order valence-electron chi connectivity index (χ4n) is 3.85. The molecule has 1 N–H and O–H groups in total. The summed E-state index contributed by atoms with van der Waals surface area (Å²) in [5.74, 6) is 0.973. The van der Waals surface area contributed by atoms with Crippen molar-refractivity contribution in [1.82, 2.24) is 0 Å². The molecule has 0 saturated carbocycles. The Labute approximate surface area is 142 Å². The summed E-state index contributed by atoms with van der Waals surface area (Å²) in [4.78, 5) is 5.89. The topological polar surface area (TPSA) is 50.4 Å². The maximum absolute atomic E-state index is 9.84. The van der Waals surface area contributed by atoms with E-state index < -0.39 is 0 Å². The number of nitrogens with one attached hydrogen (secondary N) is 1. The third-order valence-electron chi connectivity index (χ3n) is 5.05. The van der Waals surface area contributed by atoms with Gasteiger partial charge >= 0.3 is 0 Å². The van der Waals surface area contributed by atoms with Crippen molar-refractivity contribution < 1.29 is 9.72 Å². The van der Waals surface area contributed by atoms with E-state index in [0.717, 1.165) is 50.5 Å². The summed E-state index contributed by atoms with van der Waals surface area (Å²) in [5.41, 5.74) is 5.82. The fourth-order valence-corrected chi connectivity index (χ4v) is 3.85. The number of hydrogen-bond acceptors (Lipinski definition) is 3. The minimum absolute atomic E-state index is 0.719. The molecule has 1 saturated heterocycles. The van der Waals surface area contributed by atoms with Crippen LogP contribution in [-0.4, -0.2) is 26.3 Å². The van der Waals surface area contributed by atoms with Crippen molar-refractivity contribution in [3.8, 4) is 17.3 Å². The Morgan fingerprint density at radius 1 is 1.00 bits per heavy atom. The molecule has 24 heavy (non-hydrogen) atoms. The molecule has 2 aromatic rings. The van der Waals surface area contributed by atoms with E-state index >= 15 is 0 Å². The number of aromatic nitrogens is 1. The standard InChI is InChI=1S/C20H21N3O/c21-14-18-16-8-4-5-9-17(16)19(15-6-2-1-3-7-15)22-20(18)23-10-12-24-13-11-23/h1-3,6-7H,4-5,8-13H2/p+1. The maximum atomic E-state index is 9.84. The molecule has 0 amide bonds. The summed E-state index contributed by atoms with van der Waals surface area (Å²) in [6.07, 6.45) is 4.42. The zero-order valence-electron chi connectivity index (χ0n) is 13.8. The van der Waals surface area contributed by atoms with Gasteiger partial charge in [0.1, 0.15) is 30.4 Å². The number of hydrogen-bond donors (Lipinski definition) is 0. The summed E-state index contributed by atoms with van der Waals surface area (Å²) < 4.78 is 5.48. The number of nitrogens with zero attached hydrogens (tertiary/aromatic N) is 2. The minimum atomic E-state index is 0.719. The van der Waals surface area contributed by atoms with Crippen LogP contribution in [0.5, 0.6) is 0 Å². The Morgan fingerprint density at radius 3 is 2.42 bits per heavy atom. The summed E-state index contributed by atoms with van der Waals surface area (Å²) in [6.45, 7) is 3.10. The molecular formula is C20H22N3O+. The van der Waals surface area contributed by atoms with Crippen LogP contribution in [-0.2, 0) is 17.6 Å². The van der Waals surface area contributed by atoms with Crippen molar-refractivity contribution in [1.29, 1.82) is 5.26 Å². The minimum Gasteiger partial charge on any atom is -0.373 e. The normalized spacial score (nSPS) is 17.2. The van der Waals surface area contributed by atoms with Crippen molar-refractivity contribution in [3.05, 3.63) is 47.0 Å². The highest BCUT2D eigenvalue weighted by atomic mass is 16.5. The van der Waals surface area contributed by atoms with Crippen molar-refractivity contribution in [2.24, 2.45) is 0 Å². The van der Waals surface area contributed by atoms with Crippen LogP contribution in [0.25, 0.3) is 11.3 Å². The first kappa shape index (κ1) is 15.2. The van der Waals surface area contributed by atoms with E-state index in [1.165, 1.54) is 35.2 Å². The first-order chi connectivity index (χ1) is 11.9. The van der Waals surface area contributed by atoms with Crippen molar-refractivity contribution >= 4 is 5.82 Å². The van der Waals surface area contributed by atoms with Gasteiger partial charge in [-0.1, -0.05) is 30.3 Å². The average Bonchev–Trinajstić information content (AvgIpc) is 2.68. The van der Waals surface area contributed by atoms with Gasteiger partial charge in [0.2, 0.25) is 0 Å². The molecule has 2 heterocycles. The third kappa shape index (κ3) is 2.65.